The second kappa shape index (κ2) is 6.73. The zero-order valence-corrected chi connectivity index (χ0v) is 14.2. The molecule has 0 unspecified atom stereocenters. The van der Waals surface area contributed by atoms with Crippen LogP contribution in [0, 0.1) is 0 Å². The maximum atomic E-state index is 11.7. The van der Waals surface area contributed by atoms with Gasteiger partial charge in [0.05, 0.1) is 12.1 Å². The van der Waals surface area contributed by atoms with Gasteiger partial charge in [-0.25, -0.2) is 9.59 Å². The molecule has 3 N–H and O–H groups in total. The number of aliphatic hydroxyl groups excluding tert-OH is 1. The van der Waals surface area contributed by atoms with Gasteiger partial charge in [0.25, 0.3) is 0 Å². The van der Waals surface area contributed by atoms with E-state index < -0.39 is 35.5 Å². The van der Waals surface area contributed by atoms with Gasteiger partial charge in [0.15, 0.2) is 0 Å². The summed E-state index contributed by atoms with van der Waals surface area (Å²) < 4.78 is 10.3. The largest absolute Gasteiger partial charge is 0.444 e. The smallest absolute Gasteiger partial charge is 0.407 e. The Kier molecular flexibility index (Phi) is 5.67. The molecule has 2 amide bonds. The van der Waals surface area contributed by atoms with E-state index in [0.717, 1.165) is 0 Å². The third-order valence-electron chi connectivity index (χ3n) is 2.95. The van der Waals surface area contributed by atoms with E-state index in [2.05, 4.69) is 10.6 Å². The SMILES string of the molecule is CC(C)(C)OC(=O)N[C@H]1C[C@H](NC(=O)OC(C)(C)C)[C@@H](O)C1. The van der Waals surface area contributed by atoms with Gasteiger partial charge < -0.3 is 25.2 Å². The van der Waals surface area contributed by atoms with E-state index in [4.69, 9.17) is 9.47 Å². The zero-order valence-electron chi connectivity index (χ0n) is 14.2. The van der Waals surface area contributed by atoms with Crippen LogP contribution in [0.2, 0.25) is 0 Å². The summed E-state index contributed by atoms with van der Waals surface area (Å²) in [5.74, 6) is 0. The molecule has 1 rings (SSSR count). The van der Waals surface area contributed by atoms with Gasteiger partial charge in [-0.15, -0.1) is 0 Å². The maximum absolute atomic E-state index is 11.7. The number of amides is 2. The number of rotatable bonds is 2. The molecule has 1 fully saturated rings. The fourth-order valence-corrected chi connectivity index (χ4v) is 2.22. The van der Waals surface area contributed by atoms with Crippen molar-refractivity contribution in [1.29, 1.82) is 0 Å². The minimum atomic E-state index is -0.729. The first kappa shape index (κ1) is 18.5. The van der Waals surface area contributed by atoms with Crippen molar-refractivity contribution in [2.24, 2.45) is 0 Å². The number of alkyl carbamates (subject to hydrolysis) is 2. The number of carbonyl (C=O) groups is 2. The molecule has 0 aliphatic heterocycles. The Morgan fingerprint density at radius 2 is 1.36 bits per heavy atom. The molecule has 0 radical (unpaired) electrons. The summed E-state index contributed by atoms with van der Waals surface area (Å²) in [6.07, 6.45) is -1.04. The van der Waals surface area contributed by atoms with Crippen LogP contribution < -0.4 is 10.6 Å². The van der Waals surface area contributed by atoms with Gasteiger partial charge in [-0.2, -0.15) is 0 Å². The van der Waals surface area contributed by atoms with Gasteiger partial charge in [0.1, 0.15) is 11.2 Å². The molecular formula is C15H28N2O5. The average Bonchev–Trinajstić information content (AvgIpc) is 2.52. The molecule has 0 heterocycles. The Morgan fingerprint density at radius 3 is 1.82 bits per heavy atom. The van der Waals surface area contributed by atoms with Gasteiger partial charge in [0.2, 0.25) is 0 Å². The van der Waals surface area contributed by atoms with Crippen molar-refractivity contribution >= 4 is 12.2 Å². The summed E-state index contributed by atoms with van der Waals surface area (Å²) in [6.45, 7) is 10.6. The lowest BCUT2D eigenvalue weighted by Crippen LogP contribution is -2.43. The van der Waals surface area contributed by atoms with Crippen molar-refractivity contribution in [3.05, 3.63) is 0 Å². The van der Waals surface area contributed by atoms with Crippen molar-refractivity contribution in [3.63, 3.8) is 0 Å². The van der Waals surface area contributed by atoms with Crippen LogP contribution >= 0.6 is 0 Å². The van der Waals surface area contributed by atoms with E-state index in [-0.39, 0.29) is 6.04 Å². The molecule has 0 aromatic carbocycles. The number of aliphatic hydroxyl groups is 1. The molecular weight excluding hydrogens is 288 g/mol. The van der Waals surface area contributed by atoms with E-state index in [1.807, 2.05) is 0 Å². The molecule has 1 aliphatic rings. The topological polar surface area (TPSA) is 96.9 Å². The van der Waals surface area contributed by atoms with E-state index in [9.17, 15) is 14.7 Å². The van der Waals surface area contributed by atoms with Crippen LogP contribution in [-0.4, -0.2) is 46.7 Å². The highest BCUT2D eigenvalue weighted by Gasteiger charge is 2.36. The van der Waals surface area contributed by atoms with E-state index >= 15 is 0 Å². The Bertz CT molecular complexity index is 411. The minimum Gasteiger partial charge on any atom is -0.444 e. The van der Waals surface area contributed by atoms with Crippen molar-refractivity contribution in [3.8, 4) is 0 Å². The Morgan fingerprint density at radius 1 is 0.909 bits per heavy atom. The first-order chi connectivity index (χ1) is 9.85. The zero-order chi connectivity index (χ0) is 17.1. The quantitative estimate of drug-likeness (QED) is 0.723. The monoisotopic (exact) mass is 316 g/mol. The highest BCUT2D eigenvalue weighted by Crippen LogP contribution is 2.21. The minimum absolute atomic E-state index is 0.246. The fourth-order valence-electron chi connectivity index (χ4n) is 2.22. The van der Waals surface area contributed by atoms with Crippen LogP contribution in [0.1, 0.15) is 54.4 Å². The van der Waals surface area contributed by atoms with Gasteiger partial charge >= 0.3 is 12.2 Å². The van der Waals surface area contributed by atoms with Crippen LogP contribution in [0.25, 0.3) is 0 Å². The summed E-state index contributed by atoms with van der Waals surface area (Å²) in [6, 6.07) is -0.695. The number of nitrogens with one attached hydrogen (secondary N) is 2. The van der Waals surface area contributed by atoms with Gasteiger partial charge in [-0.3, -0.25) is 0 Å². The standard InChI is InChI=1S/C15H28N2O5/c1-14(2,3)21-12(19)16-9-7-10(11(18)8-9)17-13(20)22-15(4,5)6/h9-11,18H,7-8H2,1-6H3,(H,16,19)(H,17,20)/t9-,10-,11-/m0/s1. The highest BCUT2D eigenvalue weighted by atomic mass is 16.6. The molecule has 7 nitrogen and oxygen atoms in total. The van der Waals surface area contributed by atoms with Crippen LogP contribution in [0.15, 0.2) is 0 Å². The predicted octanol–water partition coefficient (Wildman–Crippen LogP) is 1.93. The molecule has 0 aromatic heterocycles. The Balaban J connectivity index is 2.45. The van der Waals surface area contributed by atoms with Crippen LogP contribution in [0.4, 0.5) is 9.59 Å². The van der Waals surface area contributed by atoms with Crippen LogP contribution in [0.3, 0.4) is 0 Å². The molecule has 128 valence electrons. The van der Waals surface area contributed by atoms with Gasteiger partial charge in [-0.1, -0.05) is 0 Å². The Labute approximate surface area is 131 Å². The summed E-state index contributed by atoms with van der Waals surface area (Å²) >= 11 is 0. The van der Waals surface area contributed by atoms with E-state index in [1.165, 1.54) is 0 Å². The normalized spacial score (nSPS) is 25.5. The summed E-state index contributed by atoms with van der Waals surface area (Å²) in [7, 11) is 0. The predicted molar refractivity (Wildman–Crippen MR) is 81.6 cm³/mol. The second-order valence-electron chi connectivity index (χ2n) is 7.63. The number of hydrogen-bond donors (Lipinski definition) is 3. The van der Waals surface area contributed by atoms with Crippen molar-refractivity contribution in [2.45, 2.75) is 83.8 Å². The molecule has 1 aliphatic carbocycles. The van der Waals surface area contributed by atoms with Crippen LogP contribution in [0.5, 0.6) is 0 Å². The highest BCUT2D eigenvalue weighted by molar-refractivity contribution is 5.69. The molecule has 0 saturated heterocycles. The lowest BCUT2D eigenvalue weighted by molar-refractivity contribution is 0.0447. The molecule has 3 atom stereocenters. The van der Waals surface area contributed by atoms with E-state index in [0.29, 0.717) is 12.8 Å². The first-order valence-electron chi connectivity index (χ1n) is 7.53. The molecule has 0 spiro atoms. The Hall–Kier alpha value is -1.50. The third-order valence-corrected chi connectivity index (χ3v) is 2.95. The molecule has 1 saturated carbocycles. The van der Waals surface area contributed by atoms with Gasteiger partial charge in [-0.05, 0) is 54.4 Å². The second-order valence-corrected chi connectivity index (χ2v) is 7.63. The summed E-state index contributed by atoms with van der Waals surface area (Å²) in [4.78, 5) is 23.4. The first-order valence-corrected chi connectivity index (χ1v) is 7.53. The summed E-state index contributed by atoms with van der Waals surface area (Å²) in [5.41, 5.74) is -1.17. The fraction of sp³-hybridized carbons (Fsp3) is 0.867. The lowest BCUT2D eigenvalue weighted by Gasteiger charge is -2.23. The van der Waals surface area contributed by atoms with Gasteiger partial charge in [0, 0.05) is 6.04 Å². The average molecular weight is 316 g/mol. The van der Waals surface area contributed by atoms with Crippen molar-refractivity contribution in [1.82, 2.24) is 10.6 Å². The maximum Gasteiger partial charge on any atom is 0.407 e. The number of hydrogen-bond acceptors (Lipinski definition) is 5. The van der Waals surface area contributed by atoms with Crippen molar-refractivity contribution < 1.29 is 24.2 Å². The molecule has 0 bridgehead atoms. The van der Waals surface area contributed by atoms with Crippen molar-refractivity contribution in [2.75, 3.05) is 0 Å². The molecule has 0 aromatic rings. The van der Waals surface area contributed by atoms with E-state index in [1.54, 1.807) is 41.5 Å². The molecule has 7 heteroatoms. The summed E-state index contributed by atoms with van der Waals surface area (Å²) in [5, 5.41) is 15.3. The number of ether oxygens (including phenoxy) is 2. The van der Waals surface area contributed by atoms with Crippen LogP contribution in [-0.2, 0) is 9.47 Å². The lowest BCUT2D eigenvalue weighted by atomic mass is 10.2. The number of carbonyl (C=O) groups excluding carboxylic acids is 2. The molecule has 22 heavy (non-hydrogen) atoms. The third kappa shape index (κ3) is 6.98.